The fourth-order valence-corrected chi connectivity index (χ4v) is 1.81. The number of carbonyl (C=O) groups is 1. The van der Waals surface area contributed by atoms with Crippen molar-refractivity contribution in [1.29, 1.82) is 0 Å². The number of aromatic carboxylic acids is 1. The molecule has 0 atom stereocenters. The van der Waals surface area contributed by atoms with Crippen LogP contribution < -0.4 is 10.2 Å². The van der Waals surface area contributed by atoms with Gasteiger partial charge in [-0.2, -0.15) is 5.10 Å². The largest absolute Gasteiger partial charge is 0.494 e. The minimum absolute atomic E-state index is 0.183. The smallest absolute Gasteiger partial charge is 0.337 e. The molecule has 0 heterocycles. The lowest BCUT2D eigenvalue weighted by Gasteiger charge is -2.05. The number of hydrogen-bond donors (Lipinski definition) is 2. The molecule has 2 aromatic rings. The van der Waals surface area contributed by atoms with Crippen LogP contribution >= 0.6 is 0 Å². The zero-order valence-corrected chi connectivity index (χ0v) is 12.3. The van der Waals surface area contributed by atoms with E-state index in [9.17, 15) is 4.79 Å². The van der Waals surface area contributed by atoms with Crippen molar-refractivity contribution < 1.29 is 14.6 Å². The Balaban J connectivity index is 1.99. The highest BCUT2D eigenvalue weighted by Gasteiger charge is 2.07. The van der Waals surface area contributed by atoms with Crippen LogP contribution in [0, 0.1) is 0 Å². The van der Waals surface area contributed by atoms with Crippen LogP contribution in [-0.2, 0) is 0 Å². The number of carboxylic acid groups (broad SMARTS) is 1. The number of ether oxygens (including phenoxy) is 1. The van der Waals surface area contributed by atoms with Crippen LogP contribution in [0.4, 0.5) is 5.69 Å². The number of para-hydroxylation sites is 1. The van der Waals surface area contributed by atoms with E-state index in [1.165, 1.54) is 6.07 Å². The number of nitrogens with zero attached hydrogens (tertiary/aromatic N) is 1. The van der Waals surface area contributed by atoms with E-state index in [1.807, 2.05) is 24.3 Å². The molecule has 0 bridgehead atoms. The maximum Gasteiger partial charge on any atom is 0.337 e. The summed E-state index contributed by atoms with van der Waals surface area (Å²) in [5.41, 5.74) is 4.28. The molecule has 22 heavy (non-hydrogen) atoms. The van der Waals surface area contributed by atoms with Crippen molar-refractivity contribution in [2.75, 3.05) is 12.0 Å². The van der Waals surface area contributed by atoms with Gasteiger partial charge in [0, 0.05) is 0 Å². The fourth-order valence-electron chi connectivity index (χ4n) is 1.81. The molecular weight excluding hydrogens is 280 g/mol. The first kappa shape index (κ1) is 15.6. The van der Waals surface area contributed by atoms with Gasteiger partial charge in [0.15, 0.2) is 0 Å². The summed E-state index contributed by atoms with van der Waals surface area (Å²) in [5, 5.41) is 13.1. The lowest BCUT2D eigenvalue weighted by Crippen LogP contribution is -2.02. The molecule has 0 spiro atoms. The molecule has 5 heteroatoms. The summed E-state index contributed by atoms with van der Waals surface area (Å²) >= 11 is 0. The van der Waals surface area contributed by atoms with Gasteiger partial charge in [0.2, 0.25) is 0 Å². The fraction of sp³-hybridized carbons (Fsp3) is 0.176. The van der Waals surface area contributed by atoms with Crippen LogP contribution in [0.1, 0.15) is 29.3 Å². The Hall–Kier alpha value is -2.82. The minimum Gasteiger partial charge on any atom is -0.494 e. The highest BCUT2D eigenvalue weighted by atomic mass is 16.5. The highest BCUT2D eigenvalue weighted by molar-refractivity contribution is 5.94. The predicted molar refractivity (Wildman–Crippen MR) is 86.8 cm³/mol. The van der Waals surface area contributed by atoms with E-state index in [-0.39, 0.29) is 5.56 Å². The van der Waals surface area contributed by atoms with E-state index in [0.717, 1.165) is 17.7 Å². The Morgan fingerprint density at radius 2 is 1.95 bits per heavy atom. The molecule has 0 aliphatic rings. The van der Waals surface area contributed by atoms with Gasteiger partial charge in [-0.3, -0.25) is 5.43 Å². The molecule has 0 unspecified atom stereocenters. The summed E-state index contributed by atoms with van der Waals surface area (Å²) in [6.07, 6.45) is 2.60. The van der Waals surface area contributed by atoms with Crippen molar-refractivity contribution in [1.82, 2.24) is 0 Å². The molecule has 0 saturated heterocycles. The van der Waals surface area contributed by atoms with Gasteiger partial charge < -0.3 is 9.84 Å². The van der Waals surface area contributed by atoms with Crippen LogP contribution in [-0.4, -0.2) is 23.9 Å². The molecule has 0 amide bonds. The molecule has 5 nitrogen and oxygen atoms in total. The highest BCUT2D eigenvalue weighted by Crippen LogP contribution is 2.15. The summed E-state index contributed by atoms with van der Waals surface area (Å²) in [6, 6.07) is 14.2. The molecule has 0 aliphatic carbocycles. The number of rotatable bonds is 7. The average molecular weight is 298 g/mol. The SMILES string of the molecule is CCCOc1ccc(/C=N/Nc2ccccc2C(=O)O)cc1. The Bertz CT molecular complexity index is 651. The van der Waals surface area contributed by atoms with Gasteiger partial charge in [0.25, 0.3) is 0 Å². The molecule has 0 radical (unpaired) electrons. The van der Waals surface area contributed by atoms with Crippen LogP contribution in [0.3, 0.4) is 0 Å². The monoisotopic (exact) mass is 298 g/mol. The maximum absolute atomic E-state index is 11.1. The van der Waals surface area contributed by atoms with E-state index in [4.69, 9.17) is 9.84 Å². The Labute approximate surface area is 129 Å². The van der Waals surface area contributed by atoms with Crippen molar-refractivity contribution >= 4 is 17.9 Å². The first-order valence-corrected chi connectivity index (χ1v) is 7.05. The lowest BCUT2D eigenvalue weighted by molar-refractivity contribution is 0.0698. The molecule has 2 N–H and O–H groups in total. The summed E-state index contributed by atoms with van der Waals surface area (Å²) in [4.78, 5) is 11.1. The third-order valence-electron chi connectivity index (χ3n) is 2.91. The van der Waals surface area contributed by atoms with E-state index >= 15 is 0 Å². The topological polar surface area (TPSA) is 70.9 Å². The van der Waals surface area contributed by atoms with E-state index in [1.54, 1.807) is 24.4 Å². The second-order valence-electron chi connectivity index (χ2n) is 4.64. The van der Waals surface area contributed by atoms with Gasteiger partial charge in [0.1, 0.15) is 5.75 Å². The second kappa shape index (κ2) is 7.83. The number of hydrazone groups is 1. The predicted octanol–water partition coefficient (Wildman–Crippen LogP) is 3.62. The van der Waals surface area contributed by atoms with Crippen LogP contribution in [0.2, 0.25) is 0 Å². The van der Waals surface area contributed by atoms with Crippen molar-refractivity contribution in [3.63, 3.8) is 0 Å². The summed E-state index contributed by atoms with van der Waals surface area (Å²) < 4.78 is 5.50. The zero-order chi connectivity index (χ0) is 15.8. The first-order chi connectivity index (χ1) is 10.7. The van der Waals surface area contributed by atoms with Gasteiger partial charge in [-0.05, 0) is 48.4 Å². The van der Waals surface area contributed by atoms with Gasteiger partial charge in [-0.25, -0.2) is 4.79 Å². The molecule has 0 aromatic heterocycles. The molecule has 0 saturated carbocycles. The van der Waals surface area contributed by atoms with Crippen molar-refractivity contribution in [3.8, 4) is 5.75 Å². The van der Waals surface area contributed by atoms with Crippen molar-refractivity contribution in [2.45, 2.75) is 13.3 Å². The lowest BCUT2D eigenvalue weighted by atomic mass is 10.2. The van der Waals surface area contributed by atoms with E-state index in [2.05, 4.69) is 17.5 Å². The van der Waals surface area contributed by atoms with Crippen molar-refractivity contribution in [3.05, 3.63) is 59.7 Å². The van der Waals surface area contributed by atoms with Gasteiger partial charge >= 0.3 is 5.97 Å². The van der Waals surface area contributed by atoms with Gasteiger partial charge in [-0.1, -0.05) is 19.1 Å². The average Bonchev–Trinajstić information content (AvgIpc) is 2.54. The molecule has 2 aromatic carbocycles. The third-order valence-corrected chi connectivity index (χ3v) is 2.91. The third kappa shape index (κ3) is 4.34. The standard InChI is InChI=1S/C17H18N2O3/c1-2-11-22-14-9-7-13(8-10-14)12-18-19-16-6-4-3-5-15(16)17(20)21/h3-10,12,19H,2,11H2,1H3,(H,20,21)/b18-12+. The van der Waals surface area contributed by atoms with E-state index in [0.29, 0.717) is 12.3 Å². The zero-order valence-electron chi connectivity index (χ0n) is 12.3. The van der Waals surface area contributed by atoms with E-state index < -0.39 is 5.97 Å². The Kier molecular flexibility index (Phi) is 5.54. The number of benzene rings is 2. The second-order valence-corrected chi connectivity index (χ2v) is 4.64. The minimum atomic E-state index is -0.990. The quantitative estimate of drug-likeness (QED) is 0.605. The molecular formula is C17H18N2O3. The normalized spacial score (nSPS) is 10.6. The van der Waals surface area contributed by atoms with Crippen LogP contribution in [0.15, 0.2) is 53.6 Å². The molecule has 0 fully saturated rings. The van der Waals surface area contributed by atoms with Crippen LogP contribution in [0.5, 0.6) is 5.75 Å². The first-order valence-electron chi connectivity index (χ1n) is 7.05. The Morgan fingerprint density at radius 3 is 2.64 bits per heavy atom. The van der Waals surface area contributed by atoms with Crippen molar-refractivity contribution in [2.24, 2.45) is 5.10 Å². The summed E-state index contributed by atoms with van der Waals surface area (Å²) in [7, 11) is 0. The summed E-state index contributed by atoms with van der Waals surface area (Å²) in [6.45, 7) is 2.75. The van der Waals surface area contributed by atoms with Crippen LogP contribution in [0.25, 0.3) is 0 Å². The summed E-state index contributed by atoms with van der Waals surface area (Å²) in [5.74, 6) is -0.168. The number of anilines is 1. The number of carboxylic acids is 1. The Morgan fingerprint density at radius 1 is 1.23 bits per heavy atom. The number of hydrogen-bond acceptors (Lipinski definition) is 4. The maximum atomic E-state index is 11.1. The number of nitrogens with one attached hydrogen (secondary N) is 1. The van der Waals surface area contributed by atoms with Gasteiger partial charge in [0.05, 0.1) is 24.1 Å². The molecule has 0 aliphatic heterocycles. The molecule has 114 valence electrons. The molecule has 2 rings (SSSR count). The van der Waals surface area contributed by atoms with Gasteiger partial charge in [-0.15, -0.1) is 0 Å².